The number of carbonyl (C=O) groups is 1. The summed E-state index contributed by atoms with van der Waals surface area (Å²) in [5.41, 5.74) is -0.363. The summed E-state index contributed by atoms with van der Waals surface area (Å²) in [6.45, 7) is 1.32. The summed E-state index contributed by atoms with van der Waals surface area (Å²) < 4.78 is 4.95. The van der Waals surface area contributed by atoms with Gasteiger partial charge in [0.05, 0.1) is 18.6 Å². The average molecular weight is 142 g/mol. The third-order valence-corrected chi connectivity index (χ3v) is 2.63. The molecule has 10 heavy (non-hydrogen) atoms. The number of hydrogen-bond acceptors (Lipinski definition) is 2. The van der Waals surface area contributed by atoms with Crippen LogP contribution < -0.4 is 0 Å². The Kier molecular flexibility index (Phi) is 1.06. The molecule has 1 N–H and O–H groups in total. The van der Waals surface area contributed by atoms with E-state index >= 15 is 0 Å². The Morgan fingerprint density at radius 3 is 2.20 bits per heavy atom. The van der Waals surface area contributed by atoms with Crippen molar-refractivity contribution in [2.75, 3.05) is 13.2 Å². The summed E-state index contributed by atoms with van der Waals surface area (Å²) in [6, 6.07) is 0. The highest BCUT2D eigenvalue weighted by atomic mass is 16.5. The smallest absolute Gasteiger partial charge is 0.310 e. The van der Waals surface area contributed by atoms with Crippen molar-refractivity contribution < 1.29 is 14.6 Å². The summed E-state index contributed by atoms with van der Waals surface area (Å²) >= 11 is 0. The molecule has 0 spiro atoms. The van der Waals surface area contributed by atoms with Gasteiger partial charge < -0.3 is 9.84 Å². The van der Waals surface area contributed by atoms with Gasteiger partial charge in [-0.15, -0.1) is 0 Å². The van der Waals surface area contributed by atoms with Crippen molar-refractivity contribution in [3.8, 4) is 0 Å². The Bertz CT molecular complexity index is 168. The normalized spacial score (nSPS) is 29.2. The van der Waals surface area contributed by atoms with E-state index in [1.807, 2.05) is 0 Å². The van der Waals surface area contributed by atoms with E-state index in [0.717, 1.165) is 12.8 Å². The molecule has 0 aromatic carbocycles. The fraction of sp³-hybridized carbons (Fsp3) is 0.857. The second kappa shape index (κ2) is 1.72. The molecule has 0 atom stereocenters. The third kappa shape index (κ3) is 0.611. The lowest BCUT2D eigenvalue weighted by molar-refractivity contribution is -0.155. The van der Waals surface area contributed by atoms with Gasteiger partial charge in [-0.2, -0.15) is 0 Å². The fourth-order valence-corrected chi connectivity index (χ4v) is 1.49. The molecule has 3 nitrogen and oxygen atoms in total. The van der Waals surface area contributed by atoms with Gasteiger partial charge in [-0.1, -0.05) is 0 Å². The van der Waals surface area contributed by atoms with Crippen LogP contribution in [-0.4, -0.2) is 24.3 Å². The van der Waals surface area contributed by atoms with Crippen LogP contribution in [0.5, 0.6) is 0 Å². The Morgan fingerprint density at radius 2 is 2.10 bits per heavy atom. The molecule has 0 bridgehead atoms. The van der Waals surface area contributed by atoms with Gasteiger partial charge in [0.2, 0.25) is 0 Å². The molecule has 0 amide bonds. The molecule has 1 aliphatic carbocycles. The zero-order chi connectivity index (χ0) is 7.19. The second-order valence-electron chi connectivity index (χ2n) is 3.20. The largest absolute Gasteiger partial charge is 0.481 e. The van der Waals surface area contributed by atoms with Crippen molar-refractivity contribution in [2.24, 2.45) is 11.3 Å². The van der Waals surface area contributed by atoms with Crippen LogP contribution in [0.2, 0.25) is 0 Å². The van der Waals surface area contributed by atoms with Crippen molar-refractivity contribution in [1.82, 2.24) is 0 Å². The lowest BCUT2D eigenvalue weighted by Crippen LogP contribution is -2.39. The summed E-state index contributed by atoms with van der Waals surface area (Å²) in [5.74, 6) is -0.314. The number of aliphatic carboxylic acids is 1. The standard InChI is InChI=1S/C7H10O3/c8-6(9)7(1-2-7)5-3-10-4-5/h5H,1-4H2,(H,8,9). The Balaban J connectivity index is 2.06. The van der Waals surface area contributed by atoms with Crippen LogP contribution in [0.3, 0.4) is 0 Å². The highest BCUT2D eigenvalue weighted by Crippen LogP contribution is 2.54. The first-order chi connectivity index (χ1) is 4.76. The van der Waals surface area contributed by atoms with Crippen LogP contribution in [0.1, 0.15) is 12.8 Å². The minimum absolute atomic E-state index is 0.310. The molecule has 2 fully saturated rings. The number of carboxylic acid groups (broad SMARTS) is 1. The second-order valence-corrected chi connectivity index (χ2v) is 3.20. The predicted molar refractivity (Wildman–Crippen MR) is 33.6 cm³/mol. The molecule has 1 aliphatic heterocycles. The molecule has 2 aliphatic rings. The molecule has 0 radical (unpaired) electrons. The predicted octanol–water partition coefficient (Wildman–Crippen LogP) is 0.498. The minimum Gasteiger partial charge on any atom is -0.481 e. The summed E-state index contributed by atoms with van der Waals surface area (Å²) in [4.78, 5) is 10.7. The Morgan fingerprint density at radius 1 is 1.50 bits per heavy atom. The lowest BCUT2D eigenvalue weighted by atomic mass is 9.88. The van der Waals surface area contributed by atoms with Crippen molar-refractivity contribution >= 4 is 5.97 Å². The number of rotatable bonds is 2. The topological polar surface area (TPSA) is 46.5 Å². The van der Waals surface area contributed by atoms with E-state index in [1.54, 1.807) is 0 Å². The van der Waals surface area contributed by atoms with Crippen LogP contribution in [0.25, 0.3) is 0 Å². The van der Waals surface area contributed by atoms with E-state index in [-0.39, 0.29) is 5.41 Å². The molecule has 1 saturated heterocycles. The van der Waals surface area contributed by atoms with Crippen LogP contribution >= 0.6 is 0 Å². The van der Waals surface area contributed by atoms with E-state index < -0.39 is 5.97 Å². The van der Waals surface area contributed by atoms with E-state index in [1.165, 1.54) is 0 Å². The third-order valence-electron chi connectivity index (χ3n) is 2.63. The maximum absolute atomic E-state index is 10.7. The van der Waals surface area contributed by atoms with Gasteiger partial charge in [0.15, 0.2) is 0 Å². The first kappa shape index (κ1) is 6.16. The van der Waals surface area contributed by atoms with E-state index in [4.69, 9.17) is 9.84 Å². The van der Waals surface area contributed by atoms with Crippen molar-refractivity contribution in [1.29, 1.82) is 0 Å². The van der Waals surface area contributed by atoms with E-state index in [2.05, 4.69) is 0 Å². The zero-order valence-corrected chi connectivity index (χ0v) is 5.67. The summed E-state index contributed by atoms with van der Waals surface area (Å²) in [7, 11) is 0. The molecular formula is C7H10O3. The minimum atomic E-state index is -0.624. The number of ether oxygens (including phenoxy) is 1. The molecule has 1 saturated carbocycles. The molecule has 3 heteroatoms. The first-order valence-electron chi connectivity index (χ1n) is 3.57. The molecule has 0 unspecified atom stereocenters. The molecule has 2 rings (SSSR count). The van der Waals surface area contributed by atoms with Gasteiger partial charge in [-0.05, 0) is 12.8 Å². The molecule has 0 aromatic rings. The van der Waals surface area contributed by atoms with Crippen molar-refractivity contribution in [3.63, 3.8) is 0 Å². The van der Waals surface area contributed by atoms with E-state index in [9.17, 15) is 4.79 Å². The Labute approximate surface area is 59.0 Å². The average Bonchev–Trinajstić information content (AvgIpc) is 2.41. The van der Waals surface area contributed by atoms with Gasteiger partial charge in [-0.25, -0.2) is 0 Å². The maximum Gasteiger partial charge on any atom is 0.310 e. The SMILES string of the molecule is O=C(O)C1(C2COC2)CC1. The molecular weight excluding hydrogens is 132 g/mol. The quantitative estimate of drug-likeness (QED) is 0.610. The highest BCUT2D eigenvalue weighted by Gasteiger charge is 2.58. The monoisotopic (exact) mass is 142 g/mol. The number of carboxylic acids is 1. The summed E-state index contributed by atoms with van der Waals surface area (Å²) in [6.07, 6.45) is 1.72. The lowest BCUT2D eigenvalue weighted by Gasteiger charge is -2.31. The first-order valence-corrected chi connectivity index (χ1v) is 3.57. The molecule has 56 valence electrons. The fourth-order valence-electron chi connectivity index (χ4n) is 1.49. The van der Waals surface area contributed by atoms with Crippen LogP contribution in [0, 0.1) is 11.3 Å². The molecule has 0 aromatic heterocycles. The molecule has 1 heterocycles. The van der Waals surface area contributed by atoms with Gasteiger partial charge in [0.1, 0.15) is 0 Å². The summed E-state index contributed by atoms with van der Waals surface area (Å²) in [5, 5.41) is 8.78. The highest BCUT2D eigenvalue weighted by molar-refractivity contribution is 5.78. The van der Waals surface area contributed by atoms with Crippen LogP contribution in [0.4, 0.5) is 0 Å². The maximum atomic E-state index is 10.7. The zero-order valence-electron chi connectivity index (χ0n) is 5.67. The number of hydrogen-bond donors (Lipinski definition) is 1. The van der Waals surface area contributed by atoms with Gasteiger partial charge in [-0.3, -0.25) is 4.79 Å². The Hall–Kier alpha value is -0.570. The van der Waals surface area contributed by atoms with Gasteiger partial charge >= 0.3 is 5.97 Å². The van der Waals surface area contributed by atoms with Crippen molar-refractivity contribution in [3.05, 3.63) is 0 Å². The van der Waals surface area contributed by atoms with Crippen molar-refractivity contribution in [2.45, 2.75) is 12.8 Å². The van der Waals surface area contributed by atoms with Gasteiger partial charge in [0.25, 0.3) is 0 Å². The van der Waals surface area contributed by atoms with Crippen LogP contribution in [-0.2, 0) is 9.53 Å². The van der Waals surface area contributed by atoms with E-state index in [0.29, 0.717) is 19.1 Å². The van der Waals surface area contributed by atoms with Gasteiger partial charge in [0, 0.05) is 5.92 Å². The van der Waals surface area contributed by atoms with Crippen LogP contribution in [0.15, 0.2) is 0 Å².